The first-order valence-electron chi connectivity index (χ1n) is 9.42. The fourth-order valence-electron chi connectivity index (χ4n) is 3.66. The summed E-state index contributed by atoms with van der Waals surface area (Å²) in [5, 5.41) is 10.7. The van der Waals surface area contributed by atoms with Crippen LogP contribution in [0.2, 0.25) is 0 Å². The first-order valence-corrected chi connectivity index (χ1v) is 9.42. The molecule has 3 aromatic carbocycles. The summed E-state index contributed by atoms with van der Waals surface area (Å²) in [4.78, 5) is 29.7. The number of carboxylic acids is 1. The molecule has 0 radical (unpaired) electrons. The molecule has 148 valence electrons. The summed E-state index contributed by atoms with van der Waals surface area (Å²) in [6.45, 7) is 1.91. The molecule has 1 N–H and O–H groups in total. The van der Waals surface area contributed by atoms with Gasteiger partial charge in [-0.05, 0) is 30.7 Å². The van der Waals surface area contributed by atoms with Crippen LogP contribution in [0.3, 0.4) is 0 Å². The van der Waals surface area contributed by atoms with Gasteiger partial charge in [0.2, 0.25) is 0 Å². The molecule has 0 aliphatic rings. The number of aromatic nitrogens is 1. The van der Waals surface area contributed by atoms with Crippen molar-refractivity contribution in [3.05, 3.63) is 89.5 Å². The monoisotopic (exact) mass is 397 g/mol. The maximum Gasteiger partial charge on any atom is 0.338 e. The molecule has 5 heteroatoms. The third-order valence-corrected chi connectivity index (χ3v) is 5.00. The number of rotatable bonds is 4. The van der Waals surface area contributed by atoms with Gasteiger partial charge in [0.25, 0.3) is 0 Å². The standard InChI is InChI=1S/C25H19NO4/c1-15-12-13-20-19(14-15)22(24(27)28)21(16-8-4-3-5-9-16)23(26-20)17-10-6-7-11-18(17)25(29)30-2/h3-14H,1-2H3,(H,27,28). The number of carbonyl (C=O) groups excluding carboxylic acids is 1. The normalized spacial score (nSPS) is 10.7. The number of benzene rings is 3. The summed E-state index contributed by atoms with van der Waals surface area (Å²) in [5.41, 5.74) is 4.10. The van der Waals surface area contributed by atoms with E-state index in [1.165, 1.54) is 7.11 Å². The molecule has 4 rings (SSSR count). The summed E-state index contributed by atoms with van der Waals surface area (Å²) in [5.74, 6) is -1.56. The number of fused-ring (bicyclic) bond motifs is 1. The van der Waals surface area contributed by atoms with Crippen LogP contribution in [0, 0.1) is 6.92 Å². The van der Waals surface area contributed by atoms with E-state index in [9.17, 15) is 14.7 Å². The van der Waals surface area contributed by atoms with Gasteiger partial charge in [-0.3, -0.25) is 0 Å². The fourth-order valence-corrected chi connectivity index (χ4v) is 3.66. The molecule has 0 aliphatic heterocycles. The Morgan fingerprint density at radius 3 is 2.33 bits per heavy atom. The van der Waals surface area contributed by atoms with Gasteiger partial charge in [0, 0.05) is 16.5 Å². The Labute approximate surface area is 173 Å². The van der Waals surface area contributed by atoms with Crippen molar-refractivity contribution in [1.29, 1.82) is 0 Å². The average Bonchev–Trinajstić information content (AvgIpc) is 2.77. The molecular formula is C25H19NO4. The largest absolute Gasteiger partial charge is 0.478 e. The predicted octanol–water partition coefficient (Wildman–Crippen LogP) is 5.36. The molecule has 1 heterocycles. The number of methoxy groups -OCH3 is 1. The molecule has 1 aromatic heterocycles. The molecule has 0 aliphatic carbocycles. The Morgan fingerprint density at radius 2 is 1.63 bits per heavy atom. The van der Waals surface area contributed by atoms with Crippen LogP contribution in [0.4, 0.5) is 0 Å². The van der Waals surface area contributed by atoms with Gasteiger partial charge in [0.1, 0.15) is 0 Å². The lowest BCUT2D eigenvalue weighted by Gasteiger charge is -2.17. The van der Waals surface area contributed by atoms with Crippen molar-refractivity contribution >= 4 is 22.8 Å². The Hall–Kier alpha value is -3.99. The number of hydrogen-bond acceptors (Lipinski definition) is 4. The highest BCUT2D eigenvalue weighted by Gasteiger charge is 2.25. The molecule has 0 bridgehead atoms. The number of esters is 1. The lowest BCUT2D eigenvalue weighted by atomic mass is 9.90. The van der Waals surface area contributed by atoms with Gasteiger partial charge in [-0.15, -0.1) is 0 Å². The quantitative estimate of drug-likeness (QED) is 0.469. The molecule has 0 spiro atoms. The summed E-state index contributed by atoms with van der Waals surface area (Å²) in [6, 6.07) is 21.7. The van der Waals surface area contributed by atoms with Gasteiger partial charge in [0.05, 0.1) is 29.4 Å². The summed E-state index contributed by atoms with van der Waals surface area (Å²) in [6.07, 6.45) is 0. The van der Waals surface area contributed by atoms with E-state index < -0.39 is 11.9 Å². The number of pyridine rings is 1. The maximum atomic E-state index is 12.5. The van der Waals surface area contributed by atoms with E-state index in [0.29, 0.717) is 38.9 Å². The zero-order valence-corrected chi connectivity index (χ0v) is 16.5. The maximum absolute atomic E-state index is 12.5. The lowest BCUT2D eigenvalue weighted by Crippen LogP contribution is -2.08. The van der Waals surface area contributed by atoms with Gasteiger partial charge < -0.3 is 9.84 Å². The minimum absolute atomic E-state index is 0.157. The number of carbonyl (C=O) groups is 2. The Balaban J connectivity index is 2.20. The molecule has 4 aromatic rings. The van der Waals surface area contributed by atoms with Crippen LogP contribution < -0.4 is 0 Å². The first-order chi connectivity index (χ1) is 14.5. The number of nitrogens with zero attached hydrogens (tertiary/aromatic N) is 1. The van der Waals surface area contributed by atoms with Crippen LogP contribution in [0.1, 0.15) is 26.3 Å². The van der Waals surface area contributed by atoms with Crippen molar-refractivity contribution < 1.29 is 19.4 Å². The van der Waals surface area contributed by atoms with Crippen LogP contribution in [-0.4, -0.2) is 29.1 Å². The highest BCUT2D eigenvalue weighted by molar-refractivity contribution is 6.12. The second-order valence-electron chi connectivity index (χ2n) is 6.94. The third-order valence-electron chi connectivity index (χ3n) is 5.00. The number of aromatic carboxylic acids is 1. The molecule has 30 heavy (non-hydrogen) atoms. The Bertz CT molecular complexity index is 1280. The lowest BCUT2D eigenvalue weighted by molar-refractivity contribution is 0.0600. The van der Waals surface area contributed by atoms with E-state index >= 15 is 0 Å². The summed E-state index contributed by atoms with van der Waals surface area (Å²) >= 11 is 0. The van der Waals surface area contributed by atoms with Crippen molar-refractivity contribution in [1.82, 2.24) is 4.98 Å². The van der Waals surface area contributed by atoms with Gasteiger partial charge in [-0.1, -0.05) is 60.2 Å². The molecule has 0 saturated carbocycles. The highest BCUT2D eigenvalue weighted by atomic mass is 16.5. The molecule has 5 nitrogen and oxygen atoms in total. The zero-order valence-electron chi connectivity index (χ0n) is 16.5. The van der Waals surface area contributed by atoms with Crippen molar-refractivity contribution in [2.24, 2.45) is 0 Å². The van der Waals surface area contributed by atoms with Gasteiger partial charge in [0.15, 0.2) is 0 Å². The molecule has 0 unspecified atom stereocenters. The van der Waals surface area contributed by atoms with Crippen molar-refractivity contribution in [2.75, 3.05) is 7.11 Å². The van der Waals surface area contributed by atoms with E-state index in [4.69, 9.17) is 9.72 Å². The number of ether oxygens (including phenoxy) is 1. The molecule has 0 atom stereocenters. The molecule has 0 saturated heterocycles. The predicted molar refractivity (Wildman–Crippen MR) is 116 cm³/mol. The fraction of sp³-hybridized carbons (Fsp3) is 0.0800. The van der Waals surface area contributed by atoms with Crippen molar-refractivity contribution in [2.45, 2.75) is 6.92 Å². The third kappa shape index (κ3) is 3.31. The van der Waals surface area contributed by atoms with E-state index in [1.54, 1.807) is 30.3 Å². The molecule has 0 amide bonds. The van der Waals surface area contributed by atoms with Crippen LogP contribution in [0.5, 0.6) is 0 Å². The van der Waals surface area contributed by atoms with Crippen molar-refractivity contribution in [3.8, 4) is 22.4 Å². The van der Waals surface area contributed by atoms with Gasteiger partial charge in [-0.25, -0.2) is 14.6 Å². The SMILES string of the molecule is COC(=O)c1ccccc1-c1nc2ccc(C)cc2c(C(=O)O)c1-c1ccccc1. The second-order valence-corrected chi connectivity index (χ2v) is 6.94. The van der Waals surface area contributed by atoms with Crippen LogP contribution in [-0.2, 0) is 4.74 Å². The van der Waals surface area contributed by atoms with Crippen LogP contribution in [0.25, 0.3) is 33.3 Å². The highest BCUT2D eigenvalue weighted by Crippen LogP contribution is 2.39. The van der Waals surface area contributed by atoms with Gasteiger partial charge >= 0.3 is 11.9 Å². The van der Waals surface area contributed by atoms with E-state index in [1.807, 2.05) is 49.4 Å². The Kier molecular flexibility index (Phi) is 5.02. The van der Waals surface area contributed by atoms with Crippen LogP contribution >= 0.6 is 0 Å². The minimum atomic E-state index is -1.05. The molecular weight excluding hydrogens is 378 g/mol. The molecule has 0 fully saturated rings. The van der Waals surface area contributed by atoms with E-state index in [0.717, 1.165) is 5.56 Å². The minimum Gasteiger partial charge on any atom is -0.478 e. The van der Waals surface area contributed by atoms with E-state index in [-0.39, 0.29) is 5.56 Å². The number of hydrogen-bond donors (Lipinski definition) is 1. The zero-order chi connectivity index (χ0) is 21.3. The Morgan fingerprint density at radius 1 is 0.933 bits per heavy atom. The number of carboxylic acid groups (broad SMARTS) is 1. The van der Waals surface area contributed by atoms with Gasteiger partial charge in [-0.2, -0.15) is 0 Å². The first kappa shape index (κ1) is 19.3. The second kappa shape index (κ2) is 7.79. The topological polar surface area (TPSA) is 76.5 Å². The number of aryl methyl sites for hydroxylation is 1. The van der Waals surface area contributed by atoms with Crippen molar-refractivity contribution in [3.63, 3.8) is 0 Å². The average molecular weight is 397 g/mol. The smallest absolute Gasteiger partial charge is 0.338 e. The van der Waals surface area contributed by atoms with Crippen LogP contribution in [0.15, 0.2) is 72.8 Å². The summed E-state index contributed by atoms with van der Waals surface area (Å²) < 4.78 is 4.94. The summed E-state index contributed by atoms with van der Waals surface area (Å²) in [7, 11) is 1.32. The van der Waals surface area contributed by atoms with E-state index in [2.05, 4.69) is 0 Å².